The molecule has 0 bridgehead atoms. The molecule has 1 aliphatic heterocycles. The maximum absolute atomic E-state index is 13.7. The molecule has 5 nitrogen and oxygen atoms in total. The summed E-state index contributed by atoms with van der Waals surface area (Å²) in [6.45, 7) is 0.142. The van der Waals surface area contributed by atoms with Crippen LogP contribution in [0.5, 0.6) is 0 Å². The summed E-state index contributed by atoms with van der Waals surface area (Å²) in [5.41, 5.74) is 0. The molecule has 0 unspecified atom stereocenters. The van der Waals surface area contributed by atoms with E-state index in [1.54, 1.807) is 0 Å². The first-order chi connectivity index (χ1) is 9.32. The van der Waals surface area contributed by atoms with Gasteiger partial charge in [0.15, 0.2) is 0 Å². The molecule has 2 rings (SSSR count). The van der Waals surface area contributed by atoms with Crippen molar-refractivity contribution in [3.63, 3.8) is 0 Å². The summed E-state index contributed by atoms with van der Waals surface area (Å²) in [7, 11) is -3.95. The number of sulfonamides is 1. The first-order valence-corrected chi connectivity index (χ1v) is 7.82. The molecular formula is C12H13ClFNO4S. The first kappa shape index (κ1) is 15.2. The number of carbonyl (C=O) groups is 1. The molecule has 0 amide bonds. The number of aliphatic carboxylic acids is 1. The van der Waals surface area contributed by atoms with E-state index in [1.165, 1.54) is 6.07 Å². The summed E-state index contributed by atoms with van der Waals surface area (Å²) in [5, 5.41) is 8.99. The Labute approximate surface area is 121 Å². The van der Waals surface area contributed by atoms with Crippen LogP contribution in [0.15, 0.2) is 23.1 Å². The summed E-state index contributed by atoms with van der Waals surface area (Å²) in [6.07, 6.45) is 0.452. The molecular weight excluding hydrogens is 309 g/mol. The van der Waals surface area contributed by atoms with Crippen molar-refractivity contribution in [3.05, 3.63) is 29.0 Å². The number of benzene rings is 1. The molecule has 1 aromatic carbocycles. The maximum Gasteiger partial charge on any atom is 0.306 e. The Kier molecular flexibility index (Phi) is 4.31. The lowest BCUT2D eigenvalue weighted by molar-refractivity contribution is -0.142. The van der Waals surface area contributed by atoms with Gasteiger partial charge >= 0.3 is 5.97 Å². The van der Waals surface area contributed by atoms with Crippen molar-refractivity contribution < 1.29 is 22.7 Å². The lowest BCUT2D eigenvalue weighted by Crippen LogP contribution is -2.40. The van der Waals surface area contributed by atoms with E-state index in [2.05, 4.69) is 0 Å². The van der Waals surface area contributed by atoms with Crippen LogP contribution in [0.25, 0.3) is 0 Å². The number of hydrogen-bond donors (Lipinski definition) is 1. The standard InChI is InChI=1S/C12H13ClFNO4S/c13-9-1-2-11(10(14)7-9)20(18,19)15-5-3-8(4-6-15)12(16)17/h1-2,7-8H,3-6H2,(H,16,17). The Hall–Kier alpha value is -1.18. The Morgan fingerprint density at radius 1 is 1.35 bits per heavy atom. The number of nitrogens with zero attached hydrogens (tertiary/aromatic N) is 1. The highest BCUT2D eigenvalue weighted by molar-refractivity contribution is 7.89. The highest BCUT2D eigenvalue weighted by atomic mass is 35.5. The van der Waals surface area contributed by atoms with Crippen LogP contribution in [0.4, 0.5) is 4.39 Å². The molecule has 1 fully saturated rings. The van der Waals surface area contributed by atoms with E-state index in [1.807, 2.05) is 0 Å². The second-order valence-electron chi connectivity index (χ2n) is 4.59. The fourth-order valence-corrected chi connectivity index (χ4v) is 3.84. The quantitative estimate of drug-likeness (QED) is 0.923. The number of rotatable bonds is 3. The second kappa shape index (κ2) is 5.67. The van der Waals surface area contributed by atoms with Crippen LogP contribution in [0.2, 0.25) is 5.02 Å². The Bertz CT molecular complexity index is 626. The van der Waals surface area contributed by atoms with Gasteiger partial charge in [0.2, 0.25) is 10.0 Å². The van der Waals surface area contributed by atoms with E-state index >= 15 is 0 Å². The van der Waals surface area contributed by atoms with E-state index < -0.39 is 32.6 Å². The van der Waals surface area contributed by atoms with Crippen molar-refractivity contribution >= 4 is 27.6 Å². The number of piperidine rings is 1. The monoisotopic (exact) mass is 321 g/mol. The minimum atomic E-state index is -3.95. The third kappa shape index (κ3) is 2.94. The molecule has 0 radical (unpaired) electrons. The predicted molar refractivity (Wildman–Crippen MR) is 70.5 cm³/mol. The normalized spacial score (nSPS) is 18.1. The van der Waals surface area contributed by atoms with Crippen molar-refractivity contribution in [2.24, 2.45) is 5.92 Å². The largest absolute Gasteiger partial charge is 0.481 e. The lowest BCUT2D eigenvalue weighted by atomic mass is 9.99. The molecule has 20 heavy (non-hydrogen) atoms. The minimum absolute atomic E-state index is 0.0708. The van der Waals surface area contributed by atoms with Gasteiger partial charge in [0.25, 0.3) is 0 Å². The zero-order valence-corrected chi connectivity index (χ0v) is 12.0. The predicted octanol–water partition coefficient (Wildman–Crippen LogP) is 1.96. The second-order valence-corrected chi connectivity index (χ2v) is 6.93. The van der Waals surface area contributed by atoms with Gasteiger partial charge in [-0.05, 0) is 31.0 Å². The van der Waals surface area contributed by atoms with Gasteiger partial charge in [0.05, 0.1) is 5.92 Å². The minimum Gasteiger partial charge on any atom is -0.481 e. The molecule has 0 saturated carbocycles. The third-order valence-corrected chi connectivity index (χ3v) is 5.48. The van der Waals surface area contributed by atoms with Crippen molar-refractivity contribution in [3.8, 4) is 0 Å². The number of hydrogen-bond acceptors (Lipinski definition) is 3. The molecule has 110 valence electrons. The summed E-state index contributed by atoms with van der Waals surface area (Å²) < 4.78 is 39.4. The third-order valence-electron chi connectivity index (χ3n) is 3.31. The van der Waals surface area contributed by atoms with Crippen LogP contribution in [0.3, 0.4) is 0 Å². The van der Waals surface area contributed by atoms with Crippen LogP contribution in [0.1, 0.15) is 12.8 Å². The summed E-state index contributed by atoms with van der Waals surface area (Å²) >= 11 is 5.59. The summed E-state index contributed by atoms with van der Waals surface area (Å²) in [4.78, 5) is 10.4. The fourth-order valence-electron chi connectivity index (χ4n) is 2.17. The lowest BCUT2D eigenvalue weighted by Gasteiger charge is -2.29. The van der Waals surface area contributed by atoms with Gasteiger partial charge in [-0.1, -0.05) is 11.6 Å². The highest BCUT2D eigenvalue weighted by Gasteiger charge is 2.33. The molecule has 1 heterocycles. The molecule has 0 atom stereocenters. The van der Waals surface area contributed by atoms with Crippen molar-refractivity contribution in [2.45, 2.75) is 17.7 Å². The Balaban J connectivity index is 2.22. The molecule has 1 N–H and O–H groups in total. The topological polar surface area (TPSA) is 74.7 Å². The van der Waals surface area contributed by atoms with Crippen molar-refractivity contribution in [1.29, 1.82) is 0 Å². The van der Waals surface area contributed by atoms with E-state index in [4.69, 9.17) is 16.7 Å². The van der Waals surface area contributed by atoms with Crippen LogP contribution < -0.4 is 0 Å². The van der Waals surface area contributed by atoms with Crippen LogP contribution >= 0.6 is 11.6 Å². The number of carboxylic acid groups (broad SMARTS) is 1. The van der Waals surface area contributed by atoms with Crippen LogP contribution in [0, 0.1) is 11.7 Å². The Morgan fingerprint density at radius 2 is 1.95 bits per heavy atom. The fraction of sp³-hybridized carbons (Fsp3) is 0.417. The molecule has 1 aromatic rings. The number of carboxylic acids is 1. The zero-order valence-electron chi connectivity index (χ0n) is 10.4. The zero-order chi connectivity index (χ0) is 14.9. The summed E-state index contributed by atoms with van der Waals surface area (Å²) in [5.74, 6) is -2.38. The molecule has 0 aliphatic carbocycles. The molecule has 8 heteroatoms. The highest BCUT2D eigenvalue weighted by Crippen LogP contribution is 2.26. The van der Waals surface area contributed by atoms with Crippen LogP contribution in [-0.4, -0.2) is 36.9 Å². The van der Waals surface area contributed by atoms with E-state index in [9.17, 15) is 17.6 Å². The van der Waals surface area contributed by atoms with Gasteiger partial charge < -0.3 is 5.11 Å². The molecule has 1 saturated heterocycles. The van der Waals surface area contributed by atoms with E-state index in [0.717, 1.165) is 16.4 Å². The smallest absolute Gasteiger partial charge is 0.306 e. The summed E-state index contributed by atoms with van der Waals surface area (Å²) in [6, 6.07) is 3.37. The van der Waals surface area contributed by atoms with Crippen molar-refractivity contribution in [1.82, 2.24) is 4.31 Å². The van der Waals surface area contributed by atoms with Crippen molar-refractivity contribution in [2.75, 3.05) is 13.1 Å². The number of halogens is 2. The van der Waals surface area contributed by atoms with Gasteiger partial charge in [-0.25, -0.2) is 12.8 Å². The first-order valence-electron chi connectivity index (χ1n) is 6.00. The van der Waals surface area contributed by atoms with Gasteiger partial charge in [-0.3, -0.25) is 4.79 Å². The molecule has 0 aromatic heterocycles. The van der Waals surface area contributed by atoms with E-state index in [-0.39, 0.29) is 31.0 Å². The van der Waals surface area contributed by atoms with Gasteiger partial charge in [0, 0.05) is 18.1 Å². The van der Waals surface area contributed by atoms with Gasteiger partial charge in [0.1, 0.15) is 10.7 Å². The SMILES string of the molecule is O=C(O)C1CCN(S(=O)(=O)c2ccc(Cl)cc2F)CC1. The van der Waals surface area contributed by atoms with Gasteiger partial charge in [-0.15, -0.1) is 0 Å². The average Bonchev–Trinajstić information content (AvgIpc) is 2.38. The Morgan fingerprint density at radius 3 is 2.45 bits per heavy atom. The maximum atomic E-state index is 13.7. The van der Waals surface area contributed by atoms with Crippen LogP contribution in [-0.2, 0) is 14.8 Å². The average molecular weight is 322 g/mol. The van der Waals surface area contributed by atoms with Gasteiger partial charge in [-0.2, -0.15) is 4.31 Å². The molecule has 0 spiro atoms. The van der Waals surface area contributed by atoms with E-state index in [0.29, 0.717) is 0 Å². The molecule has 1 aliphatic rings.